The Labute approximate surface area is 213 Å². The van der Waals surface area contributed by atoms with E-state index in [2.05, 4.69) is 0 Å². The van der Waals surface area contributed by atoms with Crippen molar-refractivity contribution in [1.82, 2.24) is 0 Å². The number of carbonyl (C=O) groups is 1. The van der Waals surface area contributed by atoms with Crippen molar-refractivity contribution in [2.75, 3.05) is 7.11 Å². The normalized spacial score (nSPS) is 15.0. The smallest absolute Gasteiger partial charge is 0.312 e. The molecule has 0 fully saturated rings. The maximum absolute atomic E-state index is 13.5. The molecule has 1 aliphatic rings. The molecule has 3 heterocycles. The monoisotopic (exact) mass is 516 g/mol. The second-order valence-electron chi connectivity index (χ2n) is 8.61. The third-order valence-corrected chi connectivity index (χ3v) is 6.76. The Morgan fingerprint density at radius 3 is 2.51 bits per heavy atom. The number of carbonyl (C=O) groups excluding carboxylic acids is 1. The minimum atomic E-state index is -0.851. The first-order valence-corrected chi connectivity index (χ1v) is 11.6. The van der Waals surface area contributed by atoms with E-state index in [9.17, 15) is 19.5 Å². The average Bonchev–Trinajstić information content (AvgIpc) is 2.89. The van der Waals surface area contributed by atoms with Gasteiger partial charge in [-0.15, -0.1) is 0 Å². The van der Waals surface area contributed by atoms with Gasteiger partial charge in [0.1, 0.15) is 40.1 Å². The summed E-state index contributed by atoms with van der Waals surface area (Å²) < 4.78 is 22.2. The van der Waals surface area contributed by atoms with Crippen molar-refractivity contribution in [2.24, 2.45) is 0 Å². The van der Waals surface area contributed by atoms with Crippen LogP contribution in [0.1, 0.15) is 23.5 Å². The van der Waals surface area contributed by atoms with E-state index in [0.717, 1.165) is 0 Å². The van der Waals surface area contributed by atoms with Gasteiger partial charge in [-0.25, -0.2) is 0 Å². The van der Waals surface area contributed by atoms with Gasteiger partial charge in [-0.05, 0) is 35.9 Å². The lowest BCUT2D eigenvalue weighted by Crippen LogP contribution is -2.25. The van der Waals surface area contributed by atoms with Crippen molar-refractivity contribution in [3.63, 3.8) is 0 Å². The van der Waals surface area contributed by atoms with Crippen molar-refractivity contribution in [3.8, 4) is 28.4 Å². The number of ether oxygens (including phenoxy) is 2. The summed E-state index contributed by atoms with van der Waals surface area (Å²) >= 11 is 5.97. The molecule has 8 nitrogen and oxygen atoms in total. The van der Waals surface area contributed by atoms with Gasteiger partial charge in [0.2, 0.25) is 5.43 Å². The van der Waals surface area contributed by atoms with Crippen molar-refractivity contribution >= 4 is 39.5 Å². The summed E-state index contributed by atoms with van der Waals surface area (Å²) in [6, 6.07) is 12.6. The molecule has 0 aliphatic carbocycles. The number of esters is 1. The molecule has 1 aliphatic heterocycles. The summed E-state index contributed by atoms with van der Waals surface area (Å²) in [5, 5.41) is 11.4. The molecule has 6 rings (SSSR count). The van der Waals surface area contributed by atoms with Crippen molar-refractivity contribution in [1.29, 1.82) is 0 Å². The first-order valence-electron chi connectivity index (χ1n) is 11.2. The largest absolute Gasteiger partial charge is 0.507 e. The quantitative estimate of drug-likeness (QED) is 0.251. The number of hydrogen-bond donors (Lipinski definition) is 1. The van der Waals surface area contributed by atoms with Gasteiger partial charge in [0.05, 0.1) is 30.7 Å². The molecular formula is C28H17ClO8. The third kappa shape index (κ3) is 3.65. The molecule has 2 aromatic heterocycles. The highest BCUT2D eigenvalue weighted by Crippen LogP contribution is 2.45. The molecule has 0 spiro atoms. The van der Waals surface area contributed by atoms with E-state index >= 15 is 0 Å². The topological polar surface area (TPSA) is 116 Å². The number of fused-ring (bicyclic) bond motifs is 4. The minimum absolute atomic E-state index is 0.00113. The van der Waals surface area contributed by atoms with Gasteiger partial charge >= 0.3 is 5.97 Å². The molecule has 0 amide bonds. The zero-order chi connectivity index (χ0) is 25.8. The van der Waals surface area contributed by atoms with E-state index < -0.39 is 23.1 Å². The van der Waals surface area contributed by atoms with Gasteiger partial charge < -0.3 is 23.4 Å². The van der Waals surface area contributed by atoms with Crippen LogP contribution in [0.25, 0.3) is 33.1 Å². The van der Waals surface area contributed by atoms with Crippen molar-refractivity contribution in [3.05, 3.63) is 97.7 Å². The van der Waals surface area contributed by atoms with E-state index in [4.69, 9.17) is 29.9 Å². The lowest BCUT2D eigenvalue weighted by atomic mass is 9.85. The van der Waals surface area contributed by atoms with Crippen LogP contribution >= 0.6 is 11.6 Å². The van der Waals surface area contributed by atoms with Crippen LogP contribution in [-0.4, -0.2) is 18.2 Å². The third-order valence-electron chi connectivity index (χ3n) is 6.51. The van der Waals surface area contributed by atoms with E-state index in [1.807, 2.05) is 0 Å². The summed E-state index contributed by atoms with van der Waals surface area (Å²) in [6.07, 6.45) is 2.37. The van der Waals surface area contributed by atoms with Crippen LogP contribution in [0, 0.1) is 0 Å². The maximum atomic E-state index is 13.5. The summed E-state index contributed by atoms with van der Waals surface area (Å²) in [5.41, 5.74) is 0.729. The fourth-order valence-electron chi connectivity index (χ4n) is 4.72. The number of rotatable bonds is 3. The van der Waals surface area contributed by atoms with Crippen molar-refractivity contribution < 1.29 is 28.2 Å². The molecule has 0 saturated heterocycles. The van der Waals surface area contributed by atoms with Gasteiger partial charge in [-0.1, -0.05) is 23.7 Å². The van der Waals surface area contributed by atoms with Gasteiger partial charge in [-0.2, -0.15) is 0 Å². The highest BCUT2D eigenvalue weighted by molar-refractivity contribution is 6.30. The van der Waals surface area contributed by atoms with Gasteiger partial charge in [-0.3, -0.25) is 14.4 Å². The van der Waals surface area contributed by atoms with Crippen LogP contribution in [0.2, 0.25) is 5.02 Å². The number of methoxy groups -OCH3 is 1. The van der Waals surface area contributed by atoms with Crippen LogP contribution in [0.3, 0.4) is 0 Å². The number of phenolic OH excluding ortho intramolecular Hbond substituents is 1. The van der Waals surface area contributed by atoms with Gasteiger partial charge in [0, 0.05) is 28.1 Å². The van der Waals surface area contributed by atoms with E-state index in [0.29, 0.717) is 27.5 Å². The second-order valence-corrected chi connectivity index (χ2v) is 9.05. The molecule has 1 atom stereocenters. The zero-order valence-electron chi connectivity index (χ0n) is 19.2. The molecule has 37 heavy (non-hydrogen) atoms. The zero-order valence-corrected chi connectivity index (χ0v) is 20.0. The minimum Gasteiger partial charge on any atom is -0.507 e. The number of benzene rings is 3. The van der Waals surface area contributed by atoms with Crippen LogP contribution in [0.4, 0.5) is 0 Å². The summed E-state index contributed by atoms with van der Waals surface area (Å²) in [7, 11) is 1.49. The van der Waals surface area contributed by atoms with Gasteiger partial charge in [0.15, 0.2) is 5.43 Å². The van der Waals surface area contributed by atoms with Crippen LogP contribution in [-0.2, 0) is 4.79 Å². The number of phenols is 1. The lowest BCUT2D eigenvalue weighted by molar-refractivity contribution is -0.135. The predicted octanol–water partition coefficient (Wildman–Crippen LogP) is 5.38. The average molecular weight is 517 g/mol. The fraction of sp³-hybridized carbons (Fsp3) is 0.107. The summed E-state index contributed by atoms with van der Waals surface area (Å²) in [5.74, 6) is -1.41. The van der Waals surface area contributed by atoms with E-state index in [-0.39, 0.29) is 45.1 Å². The first-order chi connectivity index (χ1) is 17.9. The Morgan fingerprint density at radius 2 is 1.76 bits per heavy atom. The standard InChI is InChI=1S/C28H17ClO8/c1-34-15-6-7-21-17(8-15)26(32)19(12-35-21)16-9-23(31)37-22-10-20(30)25-27(33)18(11-36-28(25)24(16)22)13-2-4-14(29)5-3-13/h2-8,10-12,16,30H,9H2,1H3/t16-/m1/s1. The number of aromatic hydroxyl groups is 1. The lowest BCUT2D eigenvalue weighted by Gasteiger charge is -2.25. The Morgan fingerprint density at radius 1 is 0.973 bits per heavy atom. The Balaban J connectivity index is 1.61. The number of halogens is 1. The molecular weight excluding hydrogens is 500 g/mol. The molecule has 0 radical (unpaired) electrons. The van der Waals surface area contributed by atoms with Crippen LogP contribution in [0.5, 0.6) is 17.2 Å². The molecule has 9 heteroatoms. The van der Waals surface area contributed by atoms with E-state index in [1.165, 1.54) is 25.7 Å². The molecule has 184 valence electrons. The number of hydrogen-bond acceptors (Lipinski definition) is 8. The molecule has 0 unspecified atom stereocenters. The highest BCUT2D eigenvalue weighted by atomic mass is 35.5. The van der Waals surface area contributed by atoms with Crippen molar-refractivity contribution in [2.45, 2.75) is 12.3 Å². The molecule has 0 bridgehead atoms. The van der Waals surface area contributed by atoms with Crippen LogP contribution < -0.4 is 20.3 Å². The van der Waals surface area contributed by atoms with Crippen LogP contribution in [0.15, 0.2) is 79.5 Å². The summed E-state index contributed by atoms with van der Waals surface area (Å²) in [4.78, 5) is 39.5. The highest BCUT2D eigenvalue weighted by Gasteiger charge is 2.35. The Bertz CT molecular complexity index is 1850. The second kappa shape index (κ2) is 8.53. The molecule has 3 aromatic carbocycles. The fourth-order valence-corrected chi connectivity index (χ4v) is 4.84. The molecule has 5 aromatic rings. The molecule has 0 saturated carbocycles. The maximum Gasteiger partial charge on any atom is 0.312 e. The molecule has 1 N–H and O–H groups in total. The van der Waals surface area contributed by atoms with E-state index in [1.54, 1.807) is 42.5 Å². The first kappa shape index (κ1) is 22.9. The SMILES string of the molecule is COc1ccc2occ([C@H]3CC(=O)Oc4cc(O)c5c(=O)c(-c6ccc(Cl)cc6)coc5c43)c(=O)c2c1. The predicted molar refractivity (Wildman–Crippen MR) is 136 cm³/mol. The Kier molecular flexibility index (Phi) is 5.27. The summed E-state index contributed by atoms with van der Waals surface area (Å²) in [6.45, 7) is 0. The van der Waals surface area contributed by atoms with Gasteiger partial charge in [0.25, 0.3) is 0 Å². The Hall–Kier alpha value is -4.56.